The monoisotopic (exact) mass is 464 g/mol. The minimum absolute atomic E-state index is 0.322. The molecule has 0 amide bonds. The third kappa shape index (κ3) is 5.88. The molecule has 0 aromatic rings. The van der Waals surface area contributed by atoms with Crippen molar-refractivity contribution < 1.29 is 59.2 Å². The molecule has 2 aliphatic heterocycles. The highest BCUT2D eigenvalue weighted by Crippen LogP contribution is 2.30. The topological polar surface area (TPSA) is 192 Å². The average Bonchev–Trinajstić information content (AvgIpc) is 3.05. The number of hydrogen-bond acceptors (Lipinski definition) is 12. The van der Waals surface area contributed by atoms with Crippen molar-refractivity contribution in [2.45, 2.75) is 82.4 Å². The van der Waals surface area contributed by atoms with Gasteiger partial charge in [-0.05, 0) is 12.8 Å². The lowest BCUT2D eigenvalue weighted by atomic mass is 9.99. The number of aliphatic hydroxyl groups excluding tert-OH is 6. The van der Waals surface area contributed by atoms with Crippen LogP contribution in [0.1, 0.15) is 39.5 Å². The van der Waals surface area contributed by atoms with Gasteiger partial charge in [-0.2, -0.15) is 0 Å². The molecule has 12 nitrogen and oxygen atoms in total. The third-order valence-electron chi connectivity index (χ3n) is 5.36. The molecule has 0 aromatic carbocycles. The Labute approximate surface area is 185 Å². The average molecular weight is 464 g/mol. The predicted octanol–water partition coefficient (Wildman–Crippen LogP) is -1.38. The summed E-state index contributed by atoms with van der Waals surface area (Å²) in [5.74, 6) is -3.63. The van der Waals surface area contributed by atoms with Crippen molar-refractivity contribution in [1.29, 1.82) is 0 Å². The van der Waals surface area contributed by atoms with E-state index in [1.54, 1.807) is 0 Å². The van der Waals surface area contributed by atoms with Crippen LogP contribution in [0.5, 0.6) is 0 Å². The van der Waals surface area contributed by atoms with Crippen LogP contribution >= 0.6 is 0 Å². The standard InChI is InChI=1S/C20H32O12/c1-3-5-9(6-4-2)18(27)29-8-10(22)16-15(26)17(19(28)31-16)32-20-14(25)13(24)12(23)11(7-21)30-20/h9-14,16,20-26H,3-8H2,1-2H3/t10-,11+,12+,13-,14+,16+,20+/m0/s1. The van der Waals surface area contributed by atoms with Crippen molar-refractivity contribution in [3.63, 3.8) is 0 Å². The lowest BCUT2D eigenvalue weighted by molar-refractivity contribution is -0.291. The number of rotatable bonds is 11. The number of carbonyl (C=O) groups is 2. The van der Waals surface area contributed by atoms with Gasteiger partial charge in [-0.3, -0.25) is 4.79 Å². The van der Waals surface area contributed by atoms with Gasteiger partial charge in [0.2, 0.25) is 12.0 Å². The summed E-state index contributed by atoms with van der Waals surface area (Å²) in [6.45, 7) is 2.60. The SMILES string of the molecule is CCCC(CCC)C(=O)OC[C@H](O)[C@H]1OC(=O)C(O[C@H]2O[C@H](CO)[C@@H](O)[C@H](O)[C@H]2O)=C1O. The molecule has 0 spiro atoms. The summed E-state index contributed by atoms with van der Waals surface area (Å²) in [5, 5.41) is 59.4. The van der Waals surface area contributed by atoms with E-state index in [-0.39, 0.29) is 5.92 Å². The first-order valence-corrected chi connectivity index (χ1v) is 10.6. The summed E-state index contributed by atoms with van der Waals surface area (Å²) in [6.07, 6.45) is -8.60. The van der Waals surface area contributed by atoms with Crippen LogP contribution in [-0.4, -0.2) is 98.7 Å². The Morgan fingerprint density at radius 2 is 1.72 bits per heavy atom. The Balaban J connectivity index is 2.02. The number of carbonyl (C=O) groups excluding carboxylic acids is 2. The zero-order chi connectivity index (χ0) is 24.0. The Bertz CT molecular complexity index is 671. The third-order valence-corrected chi connectivity index (χ3v) is 5.36. The van der Waals surface area contributed by atoms with Crippen LogP contribution < -0.4 is 0 Å². The highest BCUT2D eigenvalue weighted by Gasteiger charge is 2.48. The normalized spacial score (nSPS) is 31.6. The molecular formula is C20H32O12. The summed E-state index contributed by atoms with van der Waals surface area (Å²) in [5.41, 5.74) is 0. The zero-order valence-corrected chi connectivity index (χ0v) is 18.0. The summed E-state index contributed by atoms with van der Waals surface area (Å²) in [4.78, 5) is 24.3. The van der Waals surface area contributed by atoms with Gasteiger partial charge in [-0.1, -0.05) is 26.7 Å². The van der Waals surface area contributed by atoms with E-state index in [2.05, 4.69) is 0 Å². The molecule has 2 rings (SSSR count). The smallest absolute Gasteiger partial charge is 0.378 e. The molecule has 2 heterocycles. The second-order valence-electron chi connectivity index (χ2n) is 7.83. The quantitative estimate of drug-likeness (QED) is 0.197. The molecule has 0 radical (unpaired) electrons. The van der Waals surface area contributed by atoms with E-state index < -0.39 is 79.6 Å². The maximum Gasteiger partial charge on any atom is 0.378 e. The second kappa shape index (κ2) is 11.8. The van der Waals surface area contributed by atoms with E-state index in [1.165, 1.54) is 0 Å². The molecule has 0 aliphatic carbocycles. The fraction of sp³-hybridized carbons (Fsp3) is 0.800. The predicted molar refractivity (Wildman–Crippen MR) is 105 cm³/mol. The maximum absolute atomic E-state index is 12.2. The summed E-state index contributed by atoms with van der Waals surface area (Å²) in [7, 11) is 0. The van der Waals surface area contributed by atoms with Gasteiger partial charge >= 0.3 is 11.9 Å². The van der Waals surface area contributed by atoms with E-state index in [9.17, 15) is 40.2 Å². The van der Waals surface area contributed by atoms with Crippen molar-refractivity contribution in [3.8, 4) is 0 Å². The molecular weight excluding hydrogens is 432 g/mol. The van der Waals surface area contributed by atoms with Crippen LogP contribution in [0.4, 0.5) is 0 Å². The van der Waals surface area contributed by atoms with E-state index in [0.717, 1.165) is 12.8 Å². The van der Waals surface area contributed by atoms with Crippen LogP contribution in [0.2, 0.25) is 0 Å². The number of esters is 2. The Kier molecular flexibility index (Phi) is 9.67. The van der Waals surface area contributed by atoms with Gasteiger partial charge in [0.15, 0.2) is 11.9 Å². The van der Waals surface area contributed by atoms with Gasteiger partial charge in [0.1, 0.15) is 37.1 Å². The highest BCUT2D eigenvalue weighted by atomic mass is 16.7. The Morgan fingerprint density at radius 1 is 1.09 bits per heavy atom. The van der Waals surface area contributed by atoms with Gasteiger partial charge in [-0.25, -0.2) is 4.79 Å². The van der Waals surface area contributed by atoms with Crippen LogP contribution in [-0.2, 0) is 28.5 Å². The molecule has 2 aliphatic rings. The number of aliphatic hydroxyl groups is 6. The zero-order valence-electron chi connectivity index (χ0n) is 18.0. The van der Waals surface area contributed by atoms with Gasteiger partial charge in [0, 0.05) is 0 Å². The van der Waals surface area contributed by atoms with Crippen molar-refractivity contribution in [2.24, 2.45) is 5.92 Å². The van der Waals surface area contributed by atoms with Crippen LogP contribution in [0, 0.1) is 5.92 Å². The second-order valence-corrected chi connectivity index (χ2v) is 7.83. The Hall–Kier alpha value is -1.96. The number of hydrogen-bond donors (Lipinski definition) is 6. The fourth-order valence-electron chi connectivity index (χ4n) is 3.56. The lowest BCUT2D eigenvalue weighted by Crippen LogP contribution is -2.59. The van der Waals surface area contributed by atoms with Gasteiger partial charge in [-0.15, -0.1) is 0 Å². The van der Waals surface area contributed by atoms with E-state index in [4.69, 9.17) is 18.9 Å². The van der Waals surface area contributed by atoms with Crippen LogP contribution in [0.15, 0.2) is 11.5 Å². The first kappa shape index (κ1) is 26.3. The Morgan fingerprint density at radius 3 is 2.28 bits per heavy atom. The molecule has 0 unspecified atom stereocenters. The number of cyclic esters (lactones) is 1. The maximum atomic E-state index is 12.2. The van der Waals surface area contributed by atoms with Gasteiger partial charge < -0.3 is 49.6 Å². The van der Waals surface area contributed by atoms with Crippen LogP contribution in [0.3, 0.4) is 0 Å². The molecule has 6 N–H and O–H groups in total. The minimum atomic E-state index is -1.82. The van der Waals surface area contributed by atoms with Crippen LogP contribution in [0.25, 0.3) is 0 Å². The molecule has 1 fully saturated rings. The summed E-state index contributed by atoms with van der Waals surface area (Å²) in [6, 6.07) is 0. The molecule has 12 heteroatoms. The fourth-order valence-corrected chi connectivity index (χ4v) is 3.56. The molecule has 1 saturated heterocycles. The van der Waals surface area contributed by atoms with Gasteiger partial charge in [0.25, 0.3) is 0 Å². The summed E-state index contributed by atoms with van der Waals surface area (Å²) < 4.78 is 20.3. The largest absolute Gasteiger partial charge is 0.505 e. The molecule has 184 valence electrons. The number of ether oxygens (including phenoxy) is 4. The van der Waals surface area contributed by atoms with Crippen molar-refractivity contribution >= 4 is 11.9 Å². The van der Waals surface area contributed by atoms with E-state index in [1.807, 2.05) is 13.8 Å². The first-order valence-electron chi connectivity index (χ1n) is 10.6. The molecule has 32 heavy (non-hydrogen) atoms. The summed E-state index contributed by atoms with van der Waals surface area (Å²) >= 11 is 0. The molecule has 0 saturated carbocycles. The van der Waals surface area contributed by atoms with E-state index >= 15 is 0 Å². The first-order chi connectivity index (χ1) is 15.2. The van der Waals surface area contributed by atoms with Gasteiger partial charge in [0.05, 0.1) is 12.5 Å². The molecule has 0 bridgehead atoms. The van der Waals surface area contributed by atoms with Crippen molar-refractivity contribution in [2.75, 3.05) is 13.2 Å². The molecule has 7 atom stereocenters. The van der Waals surface area contributed by atoms with E-state index in [0.29, 0.717) is 12.8 Å². The van der Waals surface area contributed by atoms with Crippen molar-refractivity contribution in [1.82, 2.24) is 0 Å². The molecule has 0 aromatic heterocycles. The van der Waals surface area contributed by atoms with Crippen molar-refractivity contribution in [3.05, 3.63) is 11.5 Å². The minimum Gasteiger partial charge on any atom is -0.505 e. The lowest BCUT2D eigenvalue weighted by Gasteiger charge is -2.39. The highest BCUT2D eigenvalue weighted by molar-refractivity contribution is 5.89.